The van der Waals surface area contributed by atoms with Crippen molar-refractivity contribution in [2.45, 2.75) is 33.1 Å². The van der Waals surface area contributed by atoms with Gasteiger partial charge in [-0.15, -0.1) is 0 Å². The molecule has 0 spiro atoms. The Morgan fingerprint density at radius 2 is 1.94 bits per heavy atom. The van der Waals surface area contributed by atoms with E-state index in [0.717, 1.165) is 17.7 Å². The smallest absolute Gasteiger partial charge is 0.185 e. The molecule has 1 aromatic rings. The molecule has 0 saturated carbocycles. The predicted molar refractivity (Wildman–Crippen MR) is 75.2 cm³/mol. The number of carbonyl (C=O) groups is 1. The lowest BCUT2D eigenvalue weighted by atomic mass is 10.0. The first kappa shape index (κ1) is 13.9. The number of thioether (sulfide) groups is 1. The van der Waals surface area contributed by atoms with Gasteiger partial charge in [0.2, 0.25) is 0 Å². The molecule has 1 rings (SSSR count). The van der Waals surface area contributed by atoms with Crippen molar-refractivity contribution in [3.8, 4) is 11.8 Å². The van der Waals surface area contributed by atoms with Crippen LogP contribution in [0.25, 0.3) is 0 Å². The first-order valence-corrected chi connectivity index (χ1v) is 6.80. The summed E-state index contributed by atoms with van der Waals surface area (Å²) in [5.74, 6) is 7.54. The van der Waals surface area contributed by atoms with Crippen LogP contribution in [0.5, 0.6) is 0 Å². The van der Waals surface area contributed by atoms with Crippen molar-refractivity contribution in [3.05, 3.63) is 35.4 Å². The van der Waals surface area contributed by atoms with Crippen LogP contribution in [0.1, 0.15) is 44.2 Å². The molecular weight excluding hydrogens is 228 g/mol. The molecule has 1 aromatic carbocycles. The van der Waals surface area contributed by atoms with E-state index in [9.17, 15) is 4.79 Å². The van der Waals surface area contributed by atoms with Crippen molar-refractivity contribution < 1.29 is 4.79 Å². The minimum absolute atomic E-state index is 0.160. The zero-order valence-electron chi connectivity index (χ0n) is 10.6. The topological polar surface area (TPSA) is 17.1 Å². The molecule has 0 fully saturated rings. The maximum absolute atomic E-state index is 10.7. The number of hydrogen-bond donors (Lipinski definition) is 0. The first-order valence-electron chi connectivity index (χ1n) is 5.82. The van der Waals surface area contributed by atoms with Gasteiger partial charge in [0.15, 0.2) is 5.12 Å². The summed E-state index contributed by atoms with van der Waals surface area (Å²) in [4.78, 5) is 10.7. The normalized spacial score (nSPS) is 9.88. The predicted octanol–water partition coefficient (Wildman–Crippen LogP) is 3.83. The summed E-state index contributed by atoms with van der Waals surface area (Å²) in [5, 5.41) is 0.160. The average molecular weight is 246 g/mol. The molecule has 2 heteroatoms. The van der Waals surface area contributed by atoms with Crippen LogP contribution in [-0.4, -0.2) is 10.9 Å². The standard InChI is InChI=1S/C15H18OS/c1-12(2)15-9-7-14(8-10-15)6-4-5-11-17-13(3)16/h7-10,12H,5,11H2,1-3H3. The maximum atomic E-state index is 10.7. The van der Waals surface area contributed by atoms with E-state index < -0.39 is 0 Å². The molecule has 0 aliphatic heterocycles. The molecule has 0 saturated heterocycles. The molecule has 0 amide bonds. The summed E-state index contributed by atoms with van der Waals surface area (Å²) in [6, 6.07) is 8.36. The van der Waals surface area contributed by atoms with Gasteiger partial charge in [0.25, 0.3) is 0 Å². The van der Waals surface area contributed by atoms with Crippen LogP contribution < -0.4 is 0 Å². The van der Waals surface area contributed by atoms with E-state index >= 15 is 0 Å². The summed E-state index contributed by atoms with van der Waals surface area (Å²) in [5.41, 5.74) is 2.38. The van der Waals surface area contributed by atoms with Crippen molar-refractivity contribution in [2.75, 3.05) is 5.75 Å². The van der Waals surface area contributed by atoms with Crippen LogP contribution in [0.15, 0.2) is 24.3 Å². The summed E-state index contributed by atoms with van der Waals surface area (Å²) in [6.07, 6.45) is 0.760. The number of benzene rings is 1. The Bertz CT molecular complexity index is 420. The van der Waals surface area contributed by atoms with Crippen molar-refractivity contribution in [3.63, 3.8) is 0 Å². The van der Waals surface area contributed by atoms with Gasteiger partial charge in [-0.3, -0.25) is 4.79 Å². The lowest BCUT2D eigenvalue weighted by Gasteiger charge is -2.03. The fraction of sp³-hybridized carbons (Fsp3) is 0.400. The Morgan fingerprint density at radius 1 is 1.29 bits per heavy atom. The molecular formula is C15H18OS. The van der Waals surface area contributed by atoms with E-state index in [1.807, 2.05) is 0 Å². The van der Waals surface area contributed by atoms with Crippen LogP contribution >= 0.6 is 11.8 Å². The minimum atomic E-state index is 0.160. The minimum Gasteiger partial charge on any atom is -0.288 e. The van der Waals surface area contributed by atoms with Gasteiger partial charge in [0.05, 0.1) is 0 Å². The molecule has 1 nitrogen and oxygen atoms in total. The van der Waals surface area contributed by atoms with Crippen molar-refractivity contribution in [1.82, 2.24) is 0 Å². The summed E-state index contributed by atoms with van der Waals surface area (Å²) >= 11 is 1.33. The van der Waals surface area contributed by atoms with Gasteiger partial charge >= 0.3 is 0 Å². The second kappa shape index (κ2) is 7.19. The van der Waals surface area contributed by atoms with Gasteiger partial charge in [0, 0.05) is 24.7 Å². The number of carbonyl (C=O) groups excluding carboxylic acids is 1. The Morgan fingerprint density at radius 3 is 2.47 bits per heavy atom. The highest BCUT2D eigenvalue weighted by Gasteiger charge is 1.97. The van der Waals surface area contributed by atoms with Gasteiger partial charge in [-0.1, -0.05) is 49.6 Å². The maximum Gasteiger partial charge on any atom is 0.185 e. The van der Waals surface area contributed by atoms with Gasteiger partial charge in [-0.2, -0.15) is 0 Å². The molecule has 0 bridgehead atoms. The van der Waals surface area contributed by atoms with Gasteiger partial charge in [0.1, 0.15) is 0 Å². The van der Waals surface area contributed by atoms with Gasteiger partial charge in [-0.05, 0) is 23.6 Å². The van der Waals surface area contributed by atoms with Gasteiger partial charge < -0.3 is 0 Å². The van der Waals surface area contributed by atoms with E-state index in [1.54, 1.807) is 6.92 Å². The lowest BCUT2D eigenvalue weighted by Crippen LogP contribution is -1.86. The molecule has 90 valence electrons. The second-order valence-electron chi connectivity index (χ2n) is 4.17. The zero-order valence-corrected chi connectivity index (χ0v) is 11.4. The van der Waals surface area contributed by atoms with E-state index in [2.05, 4.69) is 50.0 Å². The summed E-state index contributed by atoms with van der Waals surface area (Å²) in [6.45, 7) is 5.95. The van der Waals surface area contributed by atoms with Crippen LogP contribution in [0.2, 0.25) is 0 Å². The Balaban J connectivity index is 2.46. The Kier molecular flexibility index (Phi) is 5.86. The molecule has 0 radical (unpaired) electrons. The van der Waals surface area contributed by atoms with Crippen LogP contribution in [0, 0.1) is 11.8 Å². The third-order valence-electron chi connectivity index (χ3n) is 2.34. The highest BCUT2D eigenvalue weighted by molar-refractivity contribution is 8.13. The van der Waals surface area contributed by atoms with E-state index in [1.165, 1.54) is 17.3 Å². The second-order valence-corrected chi connectivity index (χ2v) is 5.44. The highest BCUT2D eigenvalue weighted by atomic mass is 32.2. The monoisotopic (exact) mass is 246 g/mol. The first-order chi connectivity index (χ1) is 8.09. The Labute approximate surface area is 108 Å². The van der Waals surface area contributed by atoms with Crippen LogP contribution in [0.4, 0.5) is 0 Å². The molecule has 0 aliphatic rings. The molecule has 0 atom stereocenters. The zero-order chi connectivity index (χ0) is 12.7. The van der Waals surface area contributed by atoms with Crippen molar-refractivity contribution in [2.24, 2.45) is 0 Å². The lowest BCUT2D eigenvalue weighted by molar-refractivity contribution is -0.109. The summed E-state index contributed by atoms with van der Waals surface area (Å²) < 4.78 is 0. The fourth-order valence-electron chi connectivity index (χ4n) is 1.36. The van der Waals surface area contributed by atoms with E-state index in [-0.39, 0.29) is 5.12 Å². The molecule has 0 aromatic heterocycles. The molecule has 17 heavy (non-hydrogen) atoms. The fourth-order valence-corrected chi connectivity index (χ4v) is 1.85. The summed E-state index contributed by atoms with van der Waals surface area (Å²) in [7, 11) is 0. The van der Waals surface area contributed by atoms with Crippen LogP contribution in [-0.2, 0) is 4.79 Å². The third-order valence-corrected chi connectivity index (χ3v) is 3.16. The highest BCUT2D eigenvalue weighted by Crippen LogP contribution is 2.14. The van der Waals surface area contributed by atoms with Gasteiger partial charge in [-0.25, -0.2) is 0 Å². The molecule has 0 N–H and O–H groups in total. The number of hydrogen-bond acceptors (Lipinski definition) is 2. The molecule has 0 unspecified atom stereocenters. The SMILES string of the molecule is CC(=O)SCCC#Cc1ccc(C(C)C)cc1. The Hall–Kier alpha value is -1.20. The quantitative estimate of drug-likeness (QED) is 0.595. The number of rotatable bonds is 3. The van der Waals surface area contributed by atoms with E-state index in [4.69, 9.17) is 0 Å². The van der Waals surface area contributed by atoms with Crippen molar-refractivity contribution >= 4 is 16.9 Å². The molecule has 0 heterocycles. The third kappa shape index (κ3) is 5.60. The average Bonchev–Trinajstić information content (AvgIpc) is 2.29. The van der Waals surface area contributed by atoms with Crippen LogP contribution in [0.3, 0.4) is 0 Å². The van der Waals surface area contributed by atoms with Crippen molar-refractivity contribution in [1.29, 1.82) is 0 Å². The largest absolute Gasteiger partial charge is 0.288 e. The van der Waals surface area contributed by atoms with E-state index in [0.29, 0.717) is 5.92 Å². The molecule has 0 aliphatic carbocycles.